The van der Waals surface area contributed by atoms with Crippen molar-refractivity contribution in [2.45, 2.75) is 13.8 Å². The SMILES string of the molecule is Cc1cc(C)c2c(c1)oc1cc(N(c3ccc(-c4ccc(-c5ccccc5)c(-c5ccccc5)c4)cc3)c3cc4ccccc4cc3-c3ccccc3)ccc12. The zero-order valence-electron chi connectivity index (χ0n) is 31.4. The third-order valence-electron chi connectivity index (χ3n) is 11.0. The van der Waals surface area contributed by atoms with E-state index in [-0.39, 0.29) is 0 Å². The number of hydrogen-bond acceptors (Lipinski definition) is 2. The van der Waals surface area contributed by atoms with Gasteiger partial charge in [0.25, 0.3) is 0 Å². The van der Waals surface area contributed by atoms with Crippen LogP contribution in [-0.4, -0.2) is 0 Å². The van der Waals surface area contributed by atoms with E-state index in [1.54, 1.807) is 0 Å². The first-order chi connectivity index (χ1) is 27.6. The molecule has 1 aromatic heterocycles. The lowest BCUT2D eigenvalue weighted by Crippen LogP contribution is -2.11. The molecule has 0 spiro atoms. The smallest absolute Gasteiger partial charge is 0.137 e. The molecule has 0 aliphatic carbocycles. The number of rotatable bonds is 7. The summed E-state index contributed by atoms with van der Waals surface area (Å²) in [6, 6.07) is 72.3. The Hall–Kier alpha value is -7.16. The molecule has 0 atom stereocenters. The summed E-state index contributed by atoms with van der Waals surface area (Å²) >= 11 is 0. The fourth-order valence-electron chi connectivity index (χ4n) is 8.36. The highest BCUT2D eigenvalue weighted by molar-refractivity contribution is 6.08. The molecule has 0 bridgehead atoms. The Balaban J connectivity index is 1.15. The van der Waals surface area contributed by atoms with Crippen LogP contribution in [0.2, 0.25) is 0 Å². The monoisotopic (exact) mass is 717 g/mol. The Bertz CT molecular complexity index is 3020. The van der Waals surface area contributed by atoms with Crippen LogP contribution in [0.1, 0.15) is 11.1 Å². The fourth-order valence-corrected chi connectivity index (χ4v) is 8.36. The van der Waals surface area contributed by atoms with Crippen molar-refractivity contribution in [3.05, 3.63) is 211 Å². The van der Waals surface area contributed by atoms with Crippen molar-refractivity contribution in [3.63, 3.8) is 0 Å². The molecule has 10 rings (SSSR count). The summed E-state index contributed by atoms with van der Waals surface area (Å²) in [5.41, 5.74) is 16.9. The van der Waals surface area contributed by atoms with Crippen LogP contribution >= 0.6 is 0 Å². The number of hydrogen-bond donors (Lipinski definition) is 0. The van der Waals surface area contributed by atoms with E-state index < -0.39 is 0 Å². The normalized spacial score (nSPS) is 11.4. The Morgan fingerprint density at radius 3 is 1.62 bits per heavy atom. The van der Waals surface area contributed by atoms with E-state index in [4.69, 9.17) is 4.42 Å². The summed E-state index contributed by atoms with van der Waals surface area (Å²) < 4.78 is 6.60. The number of furan rings is 1. The Morgan fingerprint density at radius 2 is 0.946 bits per heavy atom. The molecule has 1 heterocycles. The molecule has 2 heteroatoms. The van der Waals surface area contributed by atoms with E-state index in [0.29, 0.717) is 0 Å². The van der Waals surface area contributed by atoms with Gasteiger partial charge in [-0.1, -0.05) is 146 Å². The topological polar surface area (TPSA) is 16.4 Å². The number of fused-ring (bicyclic) bond motifs is 4. The van der Waals surface area contributed by atoms with Gasteiger partial charge in [0.05, 0.1) is 5.69 Å². The lowest BCUT2D eigenvalue weighted by Gasteiger charge is -2.28. The molecule has 2 nitrogen and oxygen atoms in total. The van der Waals surface area contributed by atoms with Gasteiger partial charge < -0.3 is 9.32 Å². The lowest BCUT2D eigenvalue weighted by molar-refractivity contribution is 0.668. The molecule has 0 aliphatic heterocycles. The minimum Gasteiger partial charge on any atom is -0.456 e. The molecule has 0 saturated carbocycles. The van der Waals surface area contributed by atoms with Crippen molar-refractivity contribution in [1.82, 2.24) is 0 Å². The fraction of sp³-hybridized carbons (Fsp3) is 0.0370. The van der Waals surface area contributed by atoms with Gasteiger partial charge in [0.15, 0.2) is 0 Å². The molecule has 56 heavy (non-hydrogen) atoms. The van der Waals surface area contributed by atoms with Crippen LogP contribution in [0.4, 0.5) is 17.1 Å². The van der Waals surface area contributed by atoms with Gasteiger partial charge in [-0.2, -0.15) is 0 Å². The second-order valence-corrected chi connectivity index (χ2v) is 14.7. The first kappa shape index (κ1) is 33.4. The number of benzene rings is 9. The van der Waals surface area contributed by atoms with Crippen LogP contribution in [0.15, 0.2) is 205 Å². The molecule has 9 aromatic carbocycles. The van der Waals surface area contributed by atoms with Crippen molar-refractivity contribution in [2.75, 3.05) is 4.90 Å². The molecule has 0 radical (unpaired) electrons. The van der Waals surface area contributed by atoms with Crippen molar-refractivity contribution in [2.24, 2.45) is 0 Å². The van der Waals surface area contributed by atoms with Crippen LogP contribution in [0.3, 0.4) is 0 Å². The standard InChI is InChI=1S/C54H39NO/c1-36-30-37(2)54-48-29-27-46(35-52(48)56-53(54)31-36)55(51-34-43-21-13-12-20-42(43)33-50(51)41-18-10-5-11-19-41)45-25-22-38(23-26-45)44-24-28-47(39-14-6-3-7-15-39)49(32-44)40-16-8-4-9-17-40/h3-35H,1-2H3. The molecule has 10 aromatic rings. The number of aryl methyl sites for hydroxylation is 2. The summed E-state index contributed by atoms with van der Waals surface area (Å²) in [6.07, 6.45) is 0. The number of anilines is 3. The van der Waals surface area contributed by atoms with E-state index in [0.717, 1.165) is 50.3 Å². The quantitative estimate of drug-likeness (QED) is 0.163. The predicted octanol–water partition coefficient (Wildman–Crippen LogP) is 15.5. The first-order valence-electron chi connectivity index (χ1n) is 19.2. The summed E-state index contributed by atoms with van der Waals surface area (Å²) in [4.78, 5) is 2.39. The first-order valence-corrected chi connectivity index (χ1v) is 19.2. The van der Waals surface area contributed by atoms with Crippen LogP contribution in [0.25, 0.3) is 77.2 Å². The van der Waals surface area contributed by atoms with E-state index in [1.807, 2.05) is 0 Å². The van der Waals surface area contributed by atoms with Gasteiger partial charge in [0.1, 0.15) is 11.2 Å². The maximum Gasteiger partial charge on any atom is 0.137 e. The highest BCUT2D eigenvalue weighted by Crippen LogP contribution is 2.45. The van der Waals surface area contributed by atoms with Gasteiger partial charge >= 0.3 is 0 Å². The van der Waals surface area contributed by atoms with Gasteiger partial charge in [-0.15, -0.1) is 0 Å². The molecule has 266 valence electrons. The third-order valence-corrected chi connectivity index (χ3v) is 11.0. The maximum absolute atomic E-state index is 6.60. The molecule has 0 unspecified atom stereocenters. The maximum atomic E-state index is 6.60. The molecule has 0 saturated heterocycles. The van der Waals surface area contributed by atoms with E-state index >= 15 is 0 Å². The zero-order valence-corrected chi connectivity index (χ0v) is 31.4. The molecule has 0 N–H and O–H groups in total. The van der Waals surface area contributed by atoms with E-state index in [2.05, 4.69) is 219 Å². The number of nitrogens with zero attached hydrogens (tertiary/aromatic N) is 1. The summed E-state index contributed by atoms with van der Waals surface area (Å²) in [7, 11) is 0. The van der Waals surface area contributed by atoms with Crippen molar-refractivity contribution in [3.8, 4) is 44.5 Å². The molecular weight excluding hydrogens is 679 g/mol. The van der Waals surface area contributed by atoms with Gasteiger partial charge in [-0.05, 0) is 123 Å². The van der Waals surface area contributed by atoms with Crippen LogP contribution in [0, 0.1) is 13.8 Å². The Kier molecular flexibility index (Phi) is 8.30. The van der Waals surface area contributed by atoms with Gasteiger partial charge in [0.2, 0.25) is 0 Å². The highest BCUT2D eigenvalue weighted by Gasteiger charge is 2.21. The van der Waals surface area contributed by atoms with Crippen LogP contribution in [-0.2, 0) is 0 Å². The van der Waals surface area contributed by atoms with Crippen LogP contribution < -0.4 is 4.90 Å². The molecule has 0 fully saturated rings. The molecular formula is C54H39NO. The van der Waals surface area contributed by atoms with Gasteiger partial charge in [-0.3, -0.25) is 0 Å². The zero-order chi connectivity index (χ0) is 37.6. The minimum absolute atomic E-state index is 0.877. The third kappa shape index (κ3) is 6.02. The van der Waals surface area contributed by atoms with E-state index in [1.165, 1.54) is 55.1 Å². The second kappa shape index (κ2) is 13.9. The molecule has 0 amide bonds. The summed E-state index contributed by atoms with van der Waals surface area (Å²) in [6.45, 7) is 4.30. The van der Waals surface area contributed by atoms with Crippen molar-refractivity contribution < 1.29 is 4.42 Å². The van der Waals surface area contributed by atoms with Gasteiger partial charge in [0, 0.05) is 33.8 Å². The highest BCUT2D eigenvalue weighted by atomic mass is 16.3. The summed E-state index contributed by atoms with van der Waals surface area (Å²) in [5, 5.41) is 4.70. The van der Waals surface area contributed by atoms with Gasteiger partial charge in [-0.25, -0.2) is 0 Å². The molecule has 0 aliphatic rings. The summed E-state index contributed by atoms with van der Waals surface area (Å²) in [5.74, 6) is 0. The average molecular weight is 718 g/mol. The van der Waals surface area contributed by atoms with Crippen molar-refractivity contribution >= 4 is 49.8 Å². The van der Waals surface area contributed by atoms with Crippen LogP contribution in [0.5, 0.6) is 0 Å². The Labute approximate surface area is 327 Å². The predicted molar refractivity (Wildman–Crippen MR) is 237 cm³/mol. The van der Waals surface area contributed by atoms with Crippen molar-refractivity contribution in [1.29, 1.82) is 0 Å². The largest absolute Gasteiger partial charge is 0.456 e. The Morgan fingerprint density at radius 1 is 0.375 bits per heavy atom. The van der Waals surface area contributed by atoms with E-state index in [9.17, 15) is 0 Å². The average Bonchev–Trinajstić information content (AvgIpc) is 3.62. The minimum atomic E-state index is 0.877. The second-order valence-electron chi connectivity index (χ2n) is 14.7. The lowest BCUT2D eigenvalue weighted by atomic mass is 9.91.